The molecule has 2 aromatic rings. The molecule has 1 aliphatic carbocycles. The number of rotatable bonds is 9. The highest BCUT2D eigenvalue weighted by Crippen LogP contribution is 2.40. The van der Waals surface area contributed by atoms with Gasteiger partial charge in [-0.3, -0.25) is 24.2 Å². The van der Waals surface area contributed by atoms with E-state index in [0.717, 1.165) is 31.9 Å². The van der Waals surface area contributed by atoms with Crippen LogP contribution in [0.1, 0.15) is 77.3 Å². The van der Waals surface area contributed by atoms with E-state index >= 15 is 0 Å². The molecule has 9 nitrogen and oxygen atoms in total. The van der Waals surface area contributed by atoms with Gasteiger partial charge in [0.1, 0.15) is 0 Å². The zero-order chi connectivity index (χ0) is 27.5. The first-order valence-electron chi connectivity index (χ1n) is 13.9. The molecule has 0 bridgehead atoms. The molecule has 5 rings (SSSR count). The van der Waals surface area contributed by atoms with Crippen LogP contribution in [0.5, 0.6) is 11.5 Å². The Morgan fingerprint density at radius 3 is 2.33 bits per heavy atom. The van der Waals surface area contributed by atoms with Crippen LogP contribution < -0.4 is 20.1 Å². The molecule has 1 saturated heterocycles. The Morgan fingerprint density at radius 1 is 0.949 bits per heavy atom. The van der Waals surface area contributed by atoms with Crippen molar-refractivity contribution in [2.45, 2.75) is 57.0 Å². The summed E-state index contributed by atoms with van der Waals surface area (Å²) in [7, 11) is 3.07. The number of imide groups is 1. The second-order valence-electron chi connectivity index (χ2n) is 10.6. The number of hydrogen-bond acceptors (Lipinski definition) is 7. The molecular formula is C30H38N4O5. The van der Waals surface area contributed by atoms with Crippen molar-refractivity contribution in [3.8, 4) is 11.5 Å². The van der Waals surface area contributed by atoms with Gasteiger partial charge in [-0.25, -0.2) is 0 Å². The Morgan fingerprint density at radius 2 is 1.67 bits per heavy atom. The van der Waals surface area contributed by atoms with Gasteiger partial charge >= 0.3 is 0 Å². The van der Waals surface area contributed by atoms with Gasteiger partial charge < -0.3 is 20.1 Å². The second-order valence-corrected chi connectivity index (χ2v) is 10.6. The minimum Gasteiger partial charge on any atom is -0.493 e. The molecular weight excluding hydrogens is 496 g/mol. The van der Waals surface area contributed by atoms with E-state index in [1.807, 2.05) is 12.1 Å². The van der Waals surface area contributed by atoms with Crippen LogP contribution in [-0.4, -0.2) is 74.0 Å². The van der Waals surface area contributed by atoms with E-state index in [2.05, 4.69) is 9.80 Å². The molecule has 3 aliphatic rings. The molecule has 2 heterocycles. The number of methoxy groups -OCH3 is 2. The Balaban J connectivity index is 1.42. The SMILES string of the molecule is COc1ccc(C(CCC(N)=O)N2C(=O)c3cccc(N4CCN(C5CCCCC5)CC4)c3C2=O)cc1OC. The van der Waals surface area contributed by atoms with Crippen LogP contribution in [-0.2, 0) is 4.79 Å². The van der Waals surface area contributed by atoms with Gasteiger partial charge in [-0.2, -0.15) is 0 Å². The number of piperazine rings is 1. The highest BCUT2D eigenvalue weighted by atomic mass is 16.5. The Kier molecular flexibility index (Phi) is 8.07. The maximum Gasteiger partial charge on any atom is 0.264 e. The monoisotopic (exact) mass is 534 g/mol. The van der Waals surface area contributed by atoms with Crippen molar-refractivity contribution in [1.29, 1.82) is 0 Å². The largest absolute Gasteiger partial charge is 0.493 e. The number of nitrogens with two attached hydrogens (primary N) is 1. The van der Waals surface area contributed by atoms with E-state index in [1.54, 1.807) is 31.4 Å². The summed E-state index contributed by atoms with van der Waals surface area (Å²) in [6.45, 7) is 3.53. The molecule has 2 fully saturated rings. The van der Waals surface area contributed by atoms with E-state index in [9.17, 15) is 14.4 Å². The predicted molar refractivity (Wildman–Crippen MR) is 148 cm³/mol. The van der Waals surface area contributed by atoms with E-state index < -0.39 is 11.9 Å². The smallest absolute Gasteiger partial charge is 0.264 e. The van der Waals surface area contributed by atoms with Crippen molar-refractivity contribution in [3.63, 3.8) is 0 Å². The van der Waals surface area contributed by atoms with Crippen LogP contribution in [0.4, 0.5) is 5.69 Å². The minimum absolute atomic E-state index is 0.0302. The summed E-state index contributed by atoms with van der Waals surface area (Å²) < 4.78 is 10.8. The molecule has 1 saturated carbocycles. The lowest BCUT2D eigenvalue weighted by Gasteiger charge is -2.41. The highest BCUT2D eigenvalue weighted by molar-refractivity contribution is 6.24. The summed E-state index contributed by atoms with van der Waals surface area (Å²) in [6.07, 6.45) is 6.73. The highest BCUT2D eigenvalue weighted by Gasteiger charge is 2.43. The summed E-state index contributed by atoms with van der Waals surface area (Å²) in [5, 5.41) is 0. The van der Waals surface area contributed by atoms with Crippen LogP contribution >= 0.6 is 0 Å². The third-order valence-corrected chi connectivity index (χ3v) is 8.44. The summed E-state index contributed by atoms with van der Waals surface area (Å²) in [5.74, 6) is -0.181. The number of anilines is 1. The number of ether oxygens (including phenoxy) is 2. The molecule has 208 valence electrons. The lowest BCUT2D eigenvalue weighted by molar-refractivity contribution is -0.118. The number of nitrogens with zero attached hydrogens (tertiary/aromatic N) is 3. The maximum atomic E-state index is 14.0. The number of benzene rings is 2. The number of primary amides is 1. The molecule has 2 N–H and O–H groups in total. The lowest BCUT2D eigenvalue weighted by Crippen LogP contribution is -2.51. The summed E-state index contributed by atoms with van der Waals surface area (Å²) in [5.41, 5.74) is 7.79. The lowest BCUT2D eigenvalue weighted by atomic mass is 9.93. The van der Waals surface area contributed by atoms with Gasteiger partial charge in [0.15, 0.2) is 11.5 Å². The number of fused-ring (bicyclic) bond motifs is 1. The van der Waals surface area contributed by atoms with Crippen LogP contribution in [0.3, 0.4) is 0 Å². The maximum absolute atomic E-state index is 14.0. The quantitative estimate of drug-likeness (QED) is 0.489. The summed E-state index contributed by atoms with van der Waals surface area (Å²) in [4.78, 5) is 45.6. The van der Waals surface area contributed by atoms with Crippen LogP contribution in [0.2, 0.25) is 0 Å². The third-order valence-electron chi connectivity index (χ3n) is 8.44. The van der Waals surface area contributed by atoms with E-state index in [1.165, 1.54) is 44.1 Å². The molecule has 1 atom stereocenters. The first-order chi connectivity index (χ1) is 18.9. The number of carbonyl (C=O) groups is 3. The molecule has 9 heteroatoms. The molecule has 0 aromatic heterocycles. The van der Waals surface area contributed by atoms with E-state index in [0.29, 0.717) is 34.2 Å². The van der Waals surface area contributed by atoms with Gasteiger partial charge in [0.25, 0.3) is 11.8 Å². The molecule has 2 aliphatic heterocycles. The van der Waals surface area contributed by atoms with Crippen molar-refractivity contribution in [1.82, 2.24) is 9.80 Å². The fourth-order valence-corrected chi connectivity index (χ4v) is 6.39. The van der Waals surface area contributed by atoms with Gasteiger partial charge in [0.2, 0.25) is 5.91 Å². The Bertz CT molecular complexity index is 1230. The van der Waals surface area contributed by atoms with Crippen LogP contribution in [0.15, 0.2) is 36.4 Å². The van der Waals surface area contributed by atoms with Gasteiger partial charge in [-0.15, -0.1) is 0 Å². The summed E-state index contributed by atoms with van der Waals surface area (Å²) in [6, 6.07) is 10.8. The predicted octanol–water partition coefficient (Wildman–Crippen LogP) is 3.76. The zero-order valence-electron chi connectivity index (χ0n) is 22.9. The molecule has 3 amide bonds. The molecule has 0 spiro atoms. The molecule has 0 radical (unpaired) electrons. The minimum atomic E-state index is -0.680. The van der Waals surface area contributed by atoms with E-state index in [-0.39, 0.29) is 24.7 Å². The number of hydrogen-bond donors (Lipinski definition) is 1. The number of amides is 3. The van der Waals surface area contributed by atoms with Crippen molar-refractivity contribution in [3.05, 3.63) is 53.1 Å². The topological polar surface area (TPSA) is 105 Å². The van der Waals surface area contributed by atoms with Gasteiger partial charge in [-0.1, -0.05) is 31.4 Å². The molecule has 39 heavy (non-hydrogen) atoms. The Labute approximate surface area is 229 Å². The van der Waals surface area contributed by atoms with Crippen molar-refractivity contribution in [2.75, 3.05) is 45.3 Å². The normalized spacial score (nSPS) is 19.2. The van der Waals surface area contributed by atoms with Gasteiger partial charge in [0.05, 0.1) is 37.1 Å². The second kappa shape index (κ2) is 11.7. The fourth-order valence-electron chi connectivity index (χ4n) is 6.39. The molecule has 2 aromatic carbocycles. The zero-order valence-corrected chi connectivity index (χ0v) is 22.9. The number of carbonyl (C=O) groups excluding carboxylic acids is 3. The average Bonchev–Trinajstić information content (AvgIpc) is 3.23. The van der Waals surface area contributed by atoms with Crippen molar-refractivity contribution in [2.24, 2.45) is 5.73 Å². The third kappa shape index (κ3) is 5.32. The molecule has 1 unspecified atom stereocenters. The standard InChI is InChI=1S/C30H38N4O5/c1-38-25-13-11-20(19-26(25)39-2)23(12-14-27(31)35)34-29(36)22-9-6-10-24(28(22)30(34)37)33-17-15-32(16-18-33)21-7-4-3-5-8-21/h6,9-11,13,19,21,23H,3-5,7-8,12,14-18H2,1-2H3,(H2,31,35). The fraction of sp³-hybridized carbons (Fsp3) is 0.500. The first kappa shape index (κ1) is 27.0. The first-order valence-corrected chi connectivity index (χ1v) is 13.9. The van der Waals surface area contributed by atoms with Crippen LogP contribution in [0, 0.1) is 0 Å². The van der Waals surface area contributed by atoms with Crippen LogP contribution in [0.25, 0.3) is 0 Å². The average molecular weight is 535 g/mol. The van der Waals surface area contributed by atoms with Gasteiger partial charge in [0, 0.05) is 38.6 Å². The van der Waals surface area contributed by atoms with Gasteiger partial charge in [-0.05, 0) is 49.1 Å². The van der Waals surface area contributed by atoms with E-state index in [4.69, 9.17) is 15.2 Å². The van der Waals surface area contributed by atoms with Crippen molar-refractivity contribution < 1.29 is 23.9 Å². The summed E-state index contributed by atoms with van der Waals surface area (Å²) >= 11 is 0. The Hall–Kier alpha value is -3.59. The van der Waals surface area contributed by atoms with Crippen molar-refractivity contribution >= 4 is 23.4 Å².